The van der Waals surface area contributed by atoms with Crippen LogP contribution in [0.5, 0.6) is 0 Å². The molecule has 1 heterocycles. The second-order valence-corrected chi connectivity index (χ2v) is 5.62. The number of ether oxygens (including phenoxy) is 1. The standard InChI is InChI=1S/C19H22N2O5/c1-2-14-5-7-15(8-6-14)21-18(23)13-26-19(24)10-9-17(22)20-12-16-4-3-11-25-16/h3-8,11H,2,9-10,12-13H2,1H3,(H,20,22)(H,21,23). The summed E-state index contributed by atoms with van der Waals surface area (Å²) in [5.74, 6) is -0.692. The molecule has 0 saturated heterocycles. The number of hydrogen-bond donors (Lipinski definition) is 2. The average molecular weight is 358 g/mol. The third-order valence-electron chi connectivity index (χ3n) is 3.61. The minimum Gasteiger partial charge on any atom is -0.467 e. The Morgan fingerprint density at radius 2 is 1.81 bits per heavy atom. The minimum atomic E-state index is -0.602. The molecule has 1 aromatic heterocycles. The Morgan fingerprint density at radius 3 is 2.46 bits per heavy atom. The van der Waals surface area contributed by atoms with E-state index in [4.69, 9.17) is 9.15 Å². The highest BCUT2D eigenvalue weighted by atomic mass is 16.5. The SMILES string of the molecule is CCc1ccc(NC(=O)COC(=O)CCC(=O)NCc2ccco2)cc1. The molecule has 2 rings (SSSR count). The lowest BCUT2D eigenvalue weighted by molar-refractivity contribution is -0.148. The molecule has 0 bridgehead atoms. The third-order valence-corrected chi connectivity index (χ3v) is 3.61. The summed E-state index contributed by atoms with van der Waals surface area (Å²) in [5, 5.41) is 5.27. The van der Waals surface area contributed by atoms with Crippen molar-refractivity contribution in [3.05, 3.63) is 54.0 Å². The number of nitrogens with one attached hydrogen (secondary N) is 2. The number of amides is 2. The highest BCUT2D eigenvalue weighted by molar-refractivity contribution is 5.93. The fourth-order valence-corrected chi connectivity index (χ4v) is 2.14. The largest absolute Gasteiger partial charge is 0.467 e. The summed E-state index contributed by atoms with van der Waals surface area (Å²) in [4.78, 5) is 35.0. The van der Waals surface area contributed by atoms with Crippen LogP contribution in [0.1, 0.15) is 31.1 Å². The summed E-state index contributed by atoms with van der Waals surface area (Å²) in [6.45, 7) is 1.92. The predicted octanol–water partition coefficient (Wildman–Crippen LogP) is 2.42. The quantitative estimate of drug-likeness (QED) is 0.671. The molecule has 0 aliphatic heterocycles. The van der Waals surface area contributed by atoms with Crippen molar-refractivity contribution in [2.75, 3.05) is 11.9 Å². The highest BCUT2D eigenvalue weighted by Gasteiger charge is 2.11. The van der Waals surface area contributed by atoms with Gasteiger partial charge in [-0.25, -0.2) is 0 Å². The van der Waals surface area contributed by atoms with Gasteiger partial charge >= 0.3 is 5.97 Å². The Balaban J connectivity index is 1.61. The maximum Gasteiger partial charge on any atom is 0.306 e. The van der Waals surface area contributed by atoms with Crippen molar-refractivity contribution in [3.63, 3.8) is 0 Å². The third kappa shape index (κ3) is 6.80. The van der Waals surface area contributed by atoms with E-state index in [1.54, 1.807) is 24.3 Å². The zero-order valence-electron chi connectivity index (χ0n) is 14.6. The molecule has 0 atom stereocenters. The predicted molar refractivity (Wildman–Crippen MR) is 95.2 cm³/mol. The number of carbonyl (C=O) groups is 3. The lowest BCUT2D eigenvalue weighted by Gasteiger charge is -2.07. The van der Waals surface area contributed by atoms with Crippen molar-refractivity contribution in [3.8, 4) is 0 Å². The van der Waals surface area contributed by atoms with Gasteiger partial charge in [0, 0.05) is 12.1 Å². The van der Waals surface area contributed by atoms with Crippen LogP contribution in [0, 0.1) is 0 Å². The number of esters is 1. The van der Waals surface area contributed by atoms with E-state index in [0.717, 1.165) is 6.42 Å². The summed E-state index contributed by atoms with van der Waals surface area (Å²) in [7, 11) is 0. The van der Waals surface area contributed by atoms with Crippen LogP contribution in [0.25, 0.3) is 0 Å². The van der Waals surface area contributed by atoms with Crippen LogP contribution in [0.3, 0.4) is 0 Å². The zero-order chi connectivity index (χ0) is 18.8. The van der Waals surface area contributed by atoms with Crippen molar-refractivity contribution >= 4 is 23.5 Å². The number of furan rings is 1. The van der Waals surface area contributed by atoms with Gasteiger partial charge in [-0.3, -0.25) is 14.4 Å². The van der Waals surface area contributed by atoms with Crippen LogP contribution in [0.2, 0.25) is 0 Å². The molecule has 2 amide bonds. The Kier molecular flexibility index (Phi) is 7.42. The first-order valence-electron chi connectivity index (χ1n) is 8.40. The lowest BCUT2D eigenvalue weighted by Crippen LogP contribution is -2.24. The first-order chi connectivity index (χ1) is 12.6. The first kappa shape index (κ1) is 19.2. The van der Waals surface area contributed by atoms with Gasteiger partial charge in [0.05, 0.1) is 19.2 Å². The second kappa shape index (κ2) is 10.0. The number of carbonyl (C=O) groups excluding carboxylic acids is 3. The van der Waals surface area contributed by atoms with Gasteiger partial charge in [0.25, 0.3) is 5.91 Å². The molecular formula is C19H22N2O5. The van der Waals surface area contributed by atoms with E-state index in [9.17, 15) is 14.4 Å². The molecule has 2 N–H and O–H groups in total. The molecule has 0 unspecified atom stereocenters. The van der Waals surface area contributed by atoms with E-state index in [-0.39, 0.29) is 31.9 Å². The maximum absolute atomic E-state index is 11.8. The lowest BCUT2D eigenvalue weighted by atomic mass is 10.1. The molecule has 0 fully saturated rings. The zero-order valence-corrected chi connectivity index (χ0v) is 14.6. The maximum atomic E-state index is 11.8. The van der Waals surface area contributed by atoms with E-state index in [0.29, 0.717) is 11.4 Å². The van der Waals surface area contributed by atoms with Gasteiger partial charge in [-0.15, -0.1) is 0 Å². The van der Waals surface area contributed by atoms with Crippen LogP contribution in [-0.4, -0.2) is 24.4 Å². The number of hydrogen-bond acceptors (Lipinski definition) is 5. The highest BCUT2D eigenvalue weighted by Crippen LogP contribution is 2.09. The van der Waals surface area contributed by atoms with E-state index in [1.807, 2.05) is 19.1 Å². The van der Waals surface area contributed by atoms with Crippen molar-refractivity contribution < 1.29 is 23.5 Å². The van der Waals surface area contributed by atoms with Gasteiger partial charge in [-0.2, -0.15) is 0 Å². The smallest absolute Gasteiger partial charge is 0.306 e. The van der Waals surface area contributed by atoms with Crippen molar-refractivity contribution in [1.29, 1.82) is 0 Å². The van der Waals surface area contributed by atoms with E-state index in [2.05, 4.69) is 10.6 Å². The topological polar surface area (TPSA) is 97.6 Å². The van der Waals surface area contributed by atoms with Gasteiger partial charge in [-0.05, 0) is 36.2 Å². The molecule has 0 spiro atoms. The van der Waals surface area contributed by atoms with Gasteiger partial charge in [0.2, 0.25) is 5.91 Å². The number of benzene rings is 1. The average Bonchev–Trinajstić information content (AvgIpc) is 3.17. The van der Waals surface area contributed by atoms with E-state index >= 15 is 0 Å². The molecule has 138 valence electrons. The van der Waals surface area contributed by atoms with E-state index < -0.39 is 11.9 Å². The van der Waals surface area contributed by atoms with Crippen LogP contribution >= 0.6 is 0 Å². The minimum absolute atomic E-state index is 0.0142. The first-order valence-corrected chi connectivity index (χ1v) is 8.40. The number of rotatable bonds is 9. The van der Waals surface area contributed by atoms with Crippen molar-refractivity contribution in [1.82, 2.24) is 5.32 Å². The molecule has 1 aromatic carbocycles. The normalized spacial score (nSPS) is 10.2. The summed E-state index contributed by atoms with van der Waals surface area (Å²) < 4.78 is 9.96. The molecule has 0 saturated carbocycles. The molecule has 0 aliphatic rings. The molecule has 2 aromatic rings. The summed E-state index contributed by atoms with van der Waals surface area (Å²) >= 11 is 0. The Hall–Kier alpha value is -3.09. The van der Waals surface area contributed by atoms with Crippen LogP contribution < -0.4 is 10.6 Å². The summed E-state index contributed by atoms with van der Waals surface area (Å²) in [5.41, 5.74) is 1.81. The second-order valence-electron chi connectivity index (χ2n) is 5.62. The molecule has 7 nitrogen and oxygen atoms in total. The van der Waals surface area contributed by atoms with Gasteiger partial charge in [0.15, 0.2) is 6.61 Å². The van der Waals surface area contributed by atoms with Crippen LogP contribution in [0.4, 0.5) is 5.69 Å². The van der Waals surface area contributed by atoms with Crippen LogP contribution in [-0.2, 0) is 32.1 Å². The Bertz CT molecular complexity index is 723. The van der Waals surface area contributed by atoms with Gasteiger partial charge in [-0.1, -0.05) is 19.1 Å². The molecular weight excluding hydrogens is 336 g/mol. The molecule has 26 heavy (non-hydrogen) atoms. The van der Waals surface area contributed by atoms with Gasteiger partial charge < -0.3 is 19.8 Å². The fraction of sp³-hybridized carbons (Fsp3) is 0.316. The van der Waals surface area contributed by atoms with E-state index in [1.165, 1.54) is 11.8 Å². The van der Waals surface area contributed by atoms with Crippen molar-refractivity contribution in [2.45, 2.75) is 32.7 Å². The number of anilines is 1. The van der Waals surface area contributed by atoms with Crippen LogP contribution in [0.15, 0.2) is 47.1 Å². The summed E-state index contributed by atoms with van der Waals surface area (Å²) in [6.07, 6.45) is 2.32. The molecule has 0 radical (unpaired) electrons. The number of aryl methyl sites for hydroxylation is 1. The monoisotopic (exact) mass is 358 g/mol. The molecule has 7 heteroatoms. The van der Waals surface area contributed by atoms with Gasteiger partial charge in [0.1, 0.15) is 5.76 Å². The van der Waals surface area contributed by atoms with Crippen molar-refractivity contribution in [2.24, 2.45) is 0 Å². The fourth-order valence-electron chi connectivity index (χ4n) is 2.14. The Morgan fingerprint density at radius 1 is 1.04 bits per heavy atom. The Labute approximate surface area is 151 Å². The summed E-state index contributed by atoms with van der Waals surface area (Å²) in [6, 6.07) is 10.9. The molecule has 0 aliphatic carbocycles.